The number of rotatable bonds is 2. The van der Waals surface area contributed by atoms with E-state index in [1.807, 2.05) is 18.2 Å². The van der Waals surface area contributed by atoms with Crippen LogP contribution in [0, 0.1) is 4.84 Å². The largest absolute Gasteiger partial charge is 0.348 e. The molecule has 3 rings (SSSR count). The van der Waals surface area contributed by atoms with Crippen molar-refractivity contribution < 1.29 is 4.52 Å². The fraction of sp³-hybridized carbons (Fsp3) is 0.273. The van der Waals surface area contributed by atoms with Gasteiger partial charge in [-0.2, -0.15) is 4.98 Å². The summed E-state index contributed by atoms with van der Waals surface area (Å²) in [5, 5.41) is 2.82. The van der Waals surface area contributed by atoms with Gasteiger partial charge in [0.15, 0.2) is 5.82 Å². The number of aromatic nitrogens is 2. The molecule has 15 heavy (non-hydrogen) atoms. The van der Waals surface area contributed by atoms with E-state index < -0.39 is 0 Å². The molecule has 0 radical (unpaired) electrons. The Labute approximate surface area is 92.1 Å². The van der Waals surface area contributed by atoms with Crippen LogP contribution in [0.4, 0.5) is 0 Å². The van der Waals surface area contributed by atoms with Gasteiger partial charge in [-0.1, -0.05) is 30.3 Å². The van der Waals surface area contributed by atoms with Crippen LogP contribution in [0.1, 0.15) is 24.2 Å². The fourth-order valence-corrected chi connectivity index (χ4v) is 2.11. The fourth-order valence-electron chi connectivity index (χ4n) is 1.98. The van der Waals surface area contributed by atoms with Crippen LogP contribution < -0.4 is 0 Å². The van der Waals surface area contributed by atoms with E-state index in [2.05, 4.69) is 22.3 Å². The standard InChI is InChI=1S/C11H10N2OS/c15-10-12-9(13-14-10)11(6-7-11)8-4-2-1-3-5-8/h1-5H,6-7H2,(H,12,13,15). The first-order chi connectivity index (χ1) is 7.31. The van der Waals surface area contributed by atoms with Gasteiger partial charge < -0.3 is 4.52 Å². The Kier molecular flexibility index (Phi) is 1.79. The van der Waals surface area contributed by atoms with Crippen molar-refractivity contribution in [3.63, 3.8) is 0 Å². The predicted molar refractivity (Wildman–Crippen MR) is 58.1 cm³/mol. The number of benzene rings is 1. The highest BCUT2D eigenvalue weighted by Gasteiger charge is 2.48. The van der Waals surface area contributed by atoms with E-state index in [-0.39, 0.29) is 10.3 Å². The molecule has 1 saturated carbocycles. The monoisotopic (exact) mass is 218 g/mol. The average molecular weight is 218 g/mol. The van der Waals surface area contributed by atoms with E-state index in [1.165, 1.54) is 5.56 Å². The second kappa shape index (κ2) is 3.03. The van der Waals surface area contributed by atoms with E-state index in [1.54, 1.807) is 0 Å². The first-order valence-corrected chi connectivity index (χ1v) is 5.34. The lowest BCUT2D eigenvalue weighted by Gasteiger charge is -2.10. The molecule has 0 unspecified atom stereocenters. The van der Waals surface area contributed by atoms with Crippen molar-refractivity contribution in [1.29, 1.82) is 0 Å². The van der Waals surface area contributed by atoms with Crippen LogP contribution >= 0.6 is 12.2 Å². The Morgan fingerprint density at radius 3 is 2.53 bits per heavy atom. The molecule has 1 heterocycles. The Balaban J connectivity index is 2.09. The normalized spacial score (nSPS) is 17.6. The molecule has 0 aliphatic heterocycles. The van der Waals surface area contributed by atoms with Crippen molar-refractivity contribution in [2.45, 2.75) is 18.3 Å². The van der Waals surface area contributed by atoms with Gasteiger partial charge in [0.1, 0.15) is 0 Å². The SMILES string of the molecule is S=c1nc(C2(c3ccccc3)CC2)[nH]o1. The zero-order chi connectivity index (χ0) is 10.3. The predicted octanol–water partition coefficient (Wildman–Crippen LogP) is 2.81. The summed E-state index contributed by atoms with van der Waals surface area (Å²) >= 11 is 4.87. The number of aromatic amines is 1. The van der Waals surface area contributed by atoms with Crippen LogP contribution in [0.25, 0.3) is 0 Å². The van der Waals surface area contributed by atoms with Crippen LogP contribution in [0.2, 0.25) is 0 Å². The van der Waals surface area contributed by atoms with Crippen molar-refractivity contribution in [3.05, 3.63) is 46.6 Å². The third-order valence-electron chi connectivity index (χ3n) is 2.97. The third kappa shape index (κ3) is 1.33. The molecule has 3 nitrogen and oxygen atoms in total. The van der Waals surface area contributed by atoms with Gasteiger partial charge in [-0.05, 0) is 30.6 Å². The zero-order valence-corrected chi connectivity index (χ0v) is 8.88. The Morgan fingerprint density at radius 1 is 1.27 bits per heavy atom. The van der Waals surface area contributed by atoms with Crippen LogP contribution in [-0.2, 0) is 5.41 Å². The molecule has 0 spiro atoms. The van der Waals surface area contributed by atoms with Crippen LogP contribution in [0.3, 0.4) is 0 Å². The molecule has 1 aromatic carbocycles. The first kappa shape index (κ1) is 8.85. The molecule has 76 valence electrons. The molecule has 1 aliphatic rings. The van der Waals surface area contributed by atoms with E-state index >= 15 is 0 Å². The summed E-state index contributed by atoms with van der Waals surface area (Å²) in [5.41, 5.74) is 1.31. The second-order valence-electron chi connectivity index (χ2n) is 3.88. The number of hydrogen-bond donors (Lipinski definition) is 1. The van der Waals surface area contributed by atoms with Gasteiger partial charge in [-0.25, -0.2) is 5.16 Å². The van der Waals surface area contributed by atoms with Gasteiger partial charge in [-0.15, -0.1) is 0 Å². The average Bonchev–Trinajstić information content (AvgIpc) is 2.98. The van der Waals surface area contributed by atoms with Crippen molar-refractivity contribution in [2.75, 3.05) is 0 Å². The minimum Gasteiger partial charge on any atom is -0.348 e. The van der Waals surface area contributed by atoms with Crippen molar-refractivity contribution >= 4 is 12.2 Å². The van der Waals surface area contributed by atoms with Crippen LogP contribution in [0.5, 0.6) is 0 Å². The lowest BCUT2D eigenvalue weighted by Crippen LogP contribution is -2.10. The zero-order valence-electron chi connectivity index (χ0n) is 8.06. The maximum Gasteiger partial charge on any atom is 0.314 e. The van der Waals surface area contributed by atoms with Gasteiger partial charge in [0.25, 0.3) is 0 Å². The summed E-state index contributed by atoms with van der Waals surface area (Å²) < 4.78 is 4.99. The molecule has 2 aromatic rings. The van der Waals surface area contributed by atoms with E-state index in [4.69, 9.17) is 16.7 Å². The first-order valence-electron chi connectivity index (χ1n) is 4.93. The number of hydrogen-bond acceptors (Lipinski definition) is 3. The quantitative estimate of drug-likeness (QED) is 0.788. The summed E-state index contributed by atoms with van der Waals surface area (Å²) in [5.74, 6) is 0.860. The molecule has 1 N–H and O–H groups in total. The number of H-pyrrole nitrogens is 1. The van der Waals surface area contributed by atoms with Gasteiger partial charge in [-0.3, -0.25) is 0 Å². The van der Waals surface area contributed by atoms with Gasteiger partial charge in [0.05, 0.1) is 5.41 Å². The van der Waals surface area contributed by atoms with Gasteiger partial charge in [0, 0.05) is 0 Å². The highest BCUT2D eigenvalue weighted by molar-refractivity contribution is 7.71. The van der Waals surface area contributed by atoms with Gasteiger partial charge in [0.2, 0.25) is 0 Å². The Bertz CT molecular complexity index is 525. The highest BCUT2D eigenvalue weighted by atomic mass is 32.1. The summed E-state index contributed by atoms with van der Waals surface area (Å²) in [7, 11) is 0. The minimum atomic E-state index is 0.0296. The van der Waals surface area contributed by atoms with Crippen molar-refractivity contribution in [3.8, 4) is 0 Å². The molecule has 1 aliphatic carbocycles. The van der Waals surface area contributed by atoms with E-state index in [0.717, 1.165) is 18.7 Å². The maximum absolute atomic E-state index is 4.99. The van der Waals surface area contributed by atoms with E-state index in [0.29, 0.717) is 0 Å². The third-order valence-corrected chi connectivity index (χ3v) is 3.14. The number of nitrogens with one attached hydrogen (secondary N) is 1. The molecule has 1 aromatic heterocycles. The summed E-state index contributed by atoms with van der Waals surface area (Å²) in [4.78, 5) is 4.50. The second-order valence-corrected chi connectivity index (χ2v) is 4.23. The van der Waals surface area contributed by atoms with Crippen LogP contribution in [0.15, 0.2) is 34.9 Å². The van der Waals surface area contributed by atoms with Crippen molar-refractivity contribution in [2.24, 2.45) is 0 Å². The topological polar surface area (TPSA) is 41.8 Å². The Hall–Kier alpha value is -1.42. The molecule has 0 bridgehead atoms. The summed E-state index contributed by atoms with van der Waals surface area (Å²) in [6.07, 6.45) is 2.21. The molecular weight excluding hydrogens is 208 g/mol. The minimum absolute atomic E-state index is 0.0296. The highest BCUT2D eigenvalue weighted by Crippen LogP contribution is 2.51. The van der Waals surface area contributed by atoms with Crippen molar-refractivity contribution in [1.82, 2.24) is 10.1 Å². The maximum atomic E-state index is 4.99. The van der Waals surface area contributed by atoms with E-state index in [9.17, 15) is 0 Å². The lowest BCUT2D eigenvalue weighted by atomic mass is 9.95. The molecule has 0 amide bonds. The summed E-state index contributed by atoms with van der Waals surface area (Å²) in [6, 6.07) is 10.4. The lowest BCUT2D eigenvalue weighted by molar-refractivity contribution is 0.394. The molecule has 0 saturated heterocycles. The smallest absolute Gasteiger partial charge is 0.314 e. The molecular formula is C11H10N2OS. The molecule has 0 atom stereocenters. The Morgan fingerprint density at radius 2 is 2.00 bits per heavy atom. The number of nitrogens with zero attached hydrogens (tertiary/aromatic N) is 1. The van der Waals surface area contributed by atoms with Gasteiger partial charge >= 0.3 is 4.84 Å². The molecule has 1 fully saturated rings. The van der Waals surface area contributed by atoms with Crippen LogP contribution in [-0.4, -0.2) is 10.1 Å². The summed E-state index contributed by atoms with van der Waals surface area (Å²) in [6.45, 7) is 0. The molecule has 4 heteroatoms.